The monoisotopic (exact) mass is 274 g/mol. The molecule has 0 bridgehead atoms. The molecule has 2 aliphatic rings. The Balaban J connectivity index is 1.65. The zero-order valence-electron chi connectivity index (χ0n) is 12.4. The van der Waals surface area contributed by atoms with Crippen molar-refractivity contribution in [3.05, 3.63) is 29.8 Å². The van der Waals surface area contributed by atoms with E-state index in [0.717, 1.165) is 31.2 Å². The van der Waals surface area contributed by atoms with Crippen LogP contribution < -0.4 is 10.5 Å². The van der Waals surface area contributed by atoms with E-state index in [9.17, 15) is 0 Å². The highest BCUT2D eigenvalue weighted by molar-refractivity contribution is 5.37. The van der Waals surface area contributed by atoms with Crippen molar-refractivity contribution in [3.8, 4) is 5.75 Å². The molecule has 0 amide bonds. The quantitative estimate of drug-likeness (QED) is 0.920. The lowest BCUT2D eigenvalue weighted by Gasteiger charge is -2.39. The maximum Gasteiger partial charge on any atom is 0.122 e. The van der Waals surface area contributed by atoms with Gasteiger partial charge in [0.15, 0.2) is 0 Å². The van der Waals surface area contributed by atoms with Crippen molar-refractivity contribution in [1.29, 1.82) is 0 Å². The second-order valence-electron chi connectivity index (χ2n) is 6.39. The summed E-state index contributed by atoms with van der Waals surface area (Å²) in [5, 5.41) is 0. The van der Waals surface area contributed by atoms with E-state index in [0.29, 0.717) is 11.8 Å². The number of ether oxygens (including phenoxy) is 1. The first-order chi connectivity index (χ1) is 9.78. The van der Waals surface area contributed by atoms with E-state index < -0.39 is 0 Å². The van der Waals surface area contributed by atoms with Crippen LogP contribution in [0.5, 0.6) is 5.75 Å². The molecule has 110 valence electrons. The summed E-state index contributed by atoms with van der Waals surface area (Å²) >= 11 is 0. The molecule has 0 radical (unpaired) electrons. The standard InChI is InChI=1S/C17H26N2O/c1-13-11-19(8-6-14(13)10-18)12-15-7-9-20-17-5-3-2-4-16(15)17/h2-5,13-15H,6-12,18H2,1H3. The molecule has 2 aliphatic heterocycles. The van der Waals surface area contributed by atoms with Gasteiger partial charge in [-0.15, -0.1) is 0 Å². The van der Waals surface area contributed by atoms with E-state index >= 15 is 0 Å². The smallest absolute Gasteiger partial charge is 0.122 e. The molecule has 3 atom stereocenters. The molecule has 3 heteroatoms. The molecule has 1 aromatic rings. The fraction of sp³-hybridized carbons (Fsp3) is 0.647. The van der Waals surface area contributed by atoms with Crippen LogP contribution in [0.25, 0.3) is 0 Å². The summed E-state index contributed by atoms with van der Waals surface area (Å²) in [4.78, 5) is 2.63. The number of hydrogen-bond donors (Lipinski definition) is 1. The van der Waals surface area contributed by atoms with Gasteiger partial charge in [-0.1, -0.05) is 25.1 Å². The molecule has 0 aliphatic carbocycles. The Morgan fingerprint density at radius 2 is 2.15 bits per heavy atom. The number of nitrogens with zero attached hydrogens (tertiary/aromatic N) is 1. The van der Waals surface area contributed by atoms with E-state index in [4.69, 9.17) is 10.5 Å². The van der Waals surface area contributed by atoms with Crippen LogP contribution in [-0.4, -0.2) is 37.7 Å². The first kappa shape index (κ1) is 13.9. The van der Waals surface area contributed by atoms with Crippen LogP contribution in [0.2, 0.25) is 0 Å². The average Bonchev–Trinajstić information content (AvgIpc) is 2.48. The highest BCUT2D eigenvalue weighted by Crippen LogP contribution is 2.35. The Labute approximate surface area is 122 Å². The first-order valence-electron chi connectivity index (χ1n) is 7.92. The van der Waals surface area contributed by atoms with E-state index in [-0.39, 0.29) is 0 Å². The molecule has 2 heterocycles. The van der Waals surface area contributed by atoms with Crippen molar-refractivity contribution in [1.82, 2.24) is 4.90 Å². The minimum absolute atomic E-state index is 0.626. The van der Waals surface area contributed by atoms with Gasteiger partial charge >= 0.3 is 0 Å². The van der Waals surface area contributed by atoms with Crippen LogP contribution in [0, 0.1) is 11.8 Å². The highest BCUT2D eigenvalue weighted by Gasteiger charge is 2.28. The molecule has 3 rings (SSSR count). The summed E-state index contributed by atoms with van der Waals surface area (Å²) in [5.41, 5.74) is 7.25. The molecule has 2 N–H and O–H groups in total. The van der Waals surface area contributed by atoms with Gasteiger partial charge in [-0.25, -0.2) is 0 Å². The molecular formula is C17H26N2O. The summed E-state index contributed by atoms with van der Waals surface area (Å²) < 4.78 is 5.76. The zero-order chi connectivity index (χ0) is 13.9. The highest BCUT2D eigenvalue weighted by atomic mass is 16.5. The van der Waals surface area contributed by atoms with Gasteiger partial charge in [-0.3, -0.25) is 0 Å². The van der Waals surface area contributed by atoms with Crippen molar-refractivity contribution < 1.29 is 4.74 Å². The third-order valence-corrected chi connectivity index (χ3v) is 5.03. The van der Waals surface area contributed by atoms with Gasteiger partial charge in [0, 0.05) is 19.0 Å². The molecule has 3 unspecified atom stereocenters. The minimum Gasteiger partial charge on any atom is -0.493 e. The van der Waals surface area contributed by atoms with Crippen molar-refractivity contribution >= 4 is 0 Å². The zero-order valence-corrected chi connectivity index (χ0v) is 12.4. The second kappa shape index (κ2) is 6.15. The summed E-state index contributed by atoms with van der Waals surface area (Å²) in [5.74, 6) is 3.16. The second-order valence-corrected chi connectivity index (χ2v) is 6.39. The molecule has 1 aromatic carbocycles. The number of hydrogen-bond acceptors (Lipinski definition) is 3. The largest absolute Gasteiger partial charge is 0.493 e. The van der Waals surface area contributed by atoms with Crippen molar-refractivity contribution in [3.63, 3.8) is 0 Å². The van der Waals surface area contributed by atoms with Crippen LogP contribution >= 0.6 is 0 Å². The van der Waals surface area contributed by atoms with Crippen LogP contribution in [0.4, 0.5) is 0 Å². The third kappa shape index (κ3) is 2.84. The van der Waals surface area contributed by atoms with Gasteiger partial charge in [0.2, 0.25) is 0 Å². The first-order valence-corrected chi connectivity index (χ1v) is 7.92. The number of fused-ring (bicyclic) bond motifs is 1. The third-order valence-electron chi connectivity index (χ3n) is 5.03. The fourth-order valence-corrected chi connectivity index (χ4v) is 3.71. The molecule has 1 saturated heterocycles. The molecule has 0 aromatic heterocycles. The average molecular weight is 274 g/mol. The molecular weight excluding hydrogens is 248 g/mol. The number of rotatable bonds is 3. The van der Waals surface area contributed by atoms with Crippen molar-refractivity contribution in [2.45, 2.75) is 25.7 Å². The number of likely N-dealkylation sites (tertiary alicyclic amines) is 1. The van der Waals surface area contributed by atoms with Gasteiger partial charge in [-0.05, 0) is 49.4 Å². The Morgan fingerprint density at radius 1 is 1.30 bits per heavy atom. The SMILES string of the molecule is CC1CN(CC2CCOc3ccccc32)CCC1CN. The fourth-order valence-electron chi connectivity index (χ4n) is 3.71. The van der Waals surface area contributed by atoms with Gasteiger partial charge in [0.05, 0.1) is 6.61 Å². The molecule has 3 nitrogen and oxygen atoms in total. The maximum atomic E-state index is 5.85. The van der Waals surface area contributed by atoms with Gasteiger partial charge in [-0.2, -0.15) is 0 Å². The Bertz CT molecular complexity index is 448. The number of benzene rings is 1. The summed E-state index contributed by atoms with van der Waals surface area (Å²) in [6.07, 6.45) is 2.39. The van der Waals surface area contributed by atoms with Crippen LogP contribution in [-0.2, 0) is 0 Å². The lowest BCUT2D eigenvalue weighted by molar-refractivity contribution is 0.118. The van der Waals surface area contributed by atoms with Gasteiger partial charge < -0.3 is 15.4 Å². The molecule has 0 saturated carbocycles. The Kier molecular flexibility index (Phi) is 4.27. The number of para-hydroxylation sites is 1. The van der Waals surface area contributed by atoms with E-state index in [1.165, 1.54) is 31.6 Å². The summed E-state index contributed by atoms with van der Waals surface area (Å²) in [6, 6.07) is 8.53. The van der Waals surface area contributed by atoms with Gasteiger partial charge in [0.1, 0.15) is 5.75 Å². The topological polar surface area (TPSA) is 38.5 Å². The predicted molar refractivity (Wildman–Crippen MR) is 82.1 cm³/mol. The van der Waals surface area contributed by atoms with Crippen molar-refractivity contribution in [2.75, 3.05) is 32.8 Å². The summed E-state index contributed by atoms with van der Waals surface area (Å²) in [7, 11) is 0. The number of nitrogens with two attached hydrogens (primary N) is 1. The van der Waals surface area contributed by atoms with Gasteiger partial charge in [0.25, 0.3) is 0 Å². The van der Waals surface area contributed by atoms with Crippen LogP contribution in [0.15, 0.2) is 24.3 Å². The van der Waals surface area contributed by atoms with Crippen LogP contribution in [0.3, 0.4) is 0 Å². The number of piperidine rings is 1. The molecule has 20 heavy (non-hydrogen) atoms. The Hall–Kier alpha value is -1.06. The molecule has 1 fully saturated rings. The normalized spacial score (nSPS) is 30.6. The maximum absolute atomic E-state index is 5.85. The van der Waals surface area contributed by atoms with E-state index in [2.05, 4.69) is 36.1 Å². The minimum atomic E-state index is 0.626. The lowest BCUT2D eigenvalue weighted by atomic mass is 9.85. The summed E-state index contributed by atoms with van der Waals surface area (Å²) in [6.45, 7) is 7.61. The lowest BCUT2D eigenvalue weighted by Crippen LogP contribution is -2.43. The van der Waals surface area contributed by atoms with E-state index in [1.807, 2.05) is 0 Å². The molecule has 0 spiro atoms. The van der Waals surface area contributed by atoms with Crippen LogP contribution in [0.1, 0.15) is 31.2 Å². The Morgan fingerprint density at radius 3 is 2.95 bits per heavy atom. The van der Waals surface area contributed by atoms with Crippen molar-refractivity contribution in [2.24, 2.45) is 17.6 Å². The predicted octanol–water partition coefficient (Wildman–Crippen LogP) is 2.47. The van der Waals surface area contributed by atoms with E-state index in [1.54, 1.807) is 0 Å².